The van der Waals surface area contributed by atoms with Gasteiger partial charge in [-0.25, -0.2) is 4.79 Å². The number of thiophene rings is 1. The van der Waals surface area contributed by atoms with Crippen LogP contribution >= 0.6 is 11.3 Å². The molecule has 3 heterocycles. The molecule has 4 aromatic rings. The molecule has 9 heteroatoms. The van der Waals surface area contributed by atoms with Gasteiger partial charge in [-0.15, -0.1) is 11.3 Å². The van der Waals surface area contributed by atoms with Crippen LogP contribution in [0.3, 0.4) is 0 Å². The molecule has 0 fully saturated rings. The van der Waals surface area contributed by atoms with E-state index in [9.17, 15) is 9.59 Å². The van der Waals surface area contributed by atoms with E-state index in [2.05, 4.69) is 10.5 Å². The molecule has 0 atom stereocenters. The van der Waals surface area contributed by atoms with E-state index in [1.807, 2.05) is 35.7 Å². The van der Waals surface area contributed by atoms with Crippen LogP contribution in [0.1, 0.15) is 27.8 Å². The Balaban J connectivity index is 1.41. The fraction of sp³-hybridized carbons (Fsp3) is 0.125. The Bertz CT molecular complexity index is 1330. The molecule has 0 bridgehead atoms. The van der Waals surface area contributed by atoms with Crippen molar-refractivity contribution in [1.29, 1.82) is 0 Å². The van der Waals surface area contributed by atoms with E-state index in [1.165, 1.54) is 17.4 Å². The van der Waals surface area contributed by atoms with Gasteiger partial charge in [-0.2, -0.15) is 0 Å². The number of aromatic nitrogens is 1. The minimum atomic E-state index is -0.505. The molecule has 166 valence electrons. The van der Waals surface area contributed by atoms with Crippen LogP contribution < -0.4 is 14.8 Å². The number of fused-ring (bicyclic) bond motifs is 1. The smallest absolute Gasteiger partial charge is 0.341 e. The standard InChI is InChI=1S/C24H18N2O6S/c1-2-29-24(28)21-16(14-6-4-3-5-7-14)12-33-23(21)25-22(27)17-11-19(32-26-17)15-8-9-18-20(10-15)31-13-30-18/h3-12H,2,13H2,1H3,(H,25,27). The lowest BCUT2D eigenvalue weighted by Crippen LogP contribution is -2.15. The maximum atomic E-state index is 12.9. The van der Waals surface area contributed by atoms with Crippen molar-refractivity contribution in [2.24, 2.45) is 0 Å². The van der Waals surface area contributed by atoms with Crippen molar-refractivity contribution in [2.45, 2.75) is 6.92 Å². The van der Waals surface area contributed by atoms with Gasteiger partial charge >= 0.3 is 5.97 Å². The number of ether oxygens (including phenoxy) is 3. The highest BCUT2D eigenvalue weighted by Gasteiger charge is 2.24. The zero-order chi connectivity index (χ0) is 22.8. The van der Waals surface area contributed by atoms with Gasteiger partial charge in [0.05, 0.1) is 6.61 Å². The van der Waals surface area contributed by atoms with Crippen LogP contribution in [-0.2, 0) is 4.74 Å². The summed E-state index contributed by atoms with van der Waals surface area (Å²) in [7, 11) is 0. The number of amides is 1. The predicted octanol–water partition coefficient (Wildman–Crippen LogP) is 5.23. The highest BCUT2D eigenvalue weighted by atomic mass is 32.1. The molecule has 1 aliphatic heterocycles. The van der Waals surface area contributed by atoms with Crippen LogP contribution in [0.5, 0.6) is 11.5 Å². The van der Waals surface area contributed by atoms with Crippen molar-refractivity contribution >= 4 is 28.2 Å². The molecule has 0 unspecified atom stereocenters. The van der Waals surface area contributed by atoms with E-state index >= 15 is 0 Å². The van der Waals surface area contributed by atoms with Crippen molar-refractivity contribution in [3.8, 4) is 33.9 Å². The first kappa shape index (κ1) is 20.8. The molecule has 0 radical (unpaired) electrons. The predicted molar refractivity (Wildman–Crippen MR) is 122 cm³/mol. The van der Waals surface area contributed by atoms with Gasteiger partial charge in [0.15, 0.2) is 23.0 Å². The third-order valence-corrected chi connectivity index (χ3v) is 5.88. The zero-order valence-corrected chi connectivity index (χ0v) is 18.3. The minimum absolute atomic E-state index is 0.0761. The molecule has 1 N–H and O–H groups in total. The van der Waals surface area contributed by atoms with Crippen LogP contribution in [-0.4, -0.2) is 30.4 Å². The van der Waals surface area contributed by atoms with Gasteiger partial charge < -0.3 is 24.1 Å². The lowest BCUT2D eigenvalue weighted by molar-refractivity contribution is 0.0529. The van der Waals surface area contributed by atoms with Crippen molar-refractivity contribution in [2.75, 3.05) is 18.7 Å². The number of hydrogen-bond acceptors (Lipinski definition) is 8. The molecule has 33 heavy (non-hydrogen) atoms. The highest BCUT2D eigenvalue weighted by Crippen LogP contribution is 2.38. The zero-order valence-electron chi connectivity index (χ0n) is 17.5. The molecular formula is C24H18N2O6S. The Morgan fingerprint density at radius 3 is 2.70 bits per heavy atom. The highest BCUT2D eigenvalue weighted by molar-refractivity contribution is 7.15. The Kier molecular flexibility index (Phi) is 5.54. The summed E-state index contributed by atoms with van der Waals surface area (Å²) >= 11 is 1.24. The molecule has 2 aromatic heterocycles. The molecule has 0 saturated heterocycles. The van der Waals surface area contributed by atoms with E-state index in [0.717, 1.165) is 5.56 Å². The largest absolute Gasteiger partial charge is 0.462 e. The van der Waals surface area contributed by atoms with E-state index in [-0.39, 0.29) is 19.1 Å². The van der Waals surface area contributed by atoms with Gasteiger partial charge in [0, 0.05) is 22.6 Å². The fourth-order valence-corrected chi connectivity index (χ4v) is 4.37. The molecule has 8 nitrogen and oxygen atoms in total. The molecule has 1 amide bonds. The van der Waals surface area contributed by atoms with Crippen LogP contribution in [0, 0.1) is 0 Å². The average Bonchev–Trinajstić information content (AvgIpc) is 3.58. The number of carbonyl (C=O) groups excluding carboxylic acids is 2. The minimum Gasteiger partial charge on any atom is -0.462 e. The summed E-state index contributed by atoms with van der Waals surface area (Å²) in [5.74, 6) is 0.641. The molecular weight excluding hydrogens is 444 g/mol. The van der Waals surface area contributed by atoms with Gasteiger partial charge in [-0.1, -0.05) is 35.5 Å². The number of esters is 1. The second-order valence-electron chi connectivity index (χ2n) is 7.04. The summed E-state index contributed by atoms with van der Waals surface area (Å²) in [4.78, 5) is 25.6. The van der Waals surface area contributed by atoms with Crippen molar-refractivity contribution in [3.05, 3.63) is 71.2 Å². The third kappa shape index (κ3) is 4.06. The number of rotatable bonds is 6. The second kappa shape index (κ2) is 8.79. The molecule has 0 saturated carbocycles. The fourth-order valence-electron chi connectivity index (χ4n) is 3.42. The number of benzene rings is 2. The monoisotopic (exact) mass is 462 g/mol. The maximum Gasteiger partial charge on any atom is 0.341 e. The summed E-state index contributed by atoms with van der Waals surface area (Å²) in [6.07, 6.45) is 0. The van der Waals surface area contributed by atoms with Crippen LogP contribution in [0.15, 0.2) is 64.5 Å². The molecule has 5 rings (SSSR count). The lowest BCUT2D eigenvalue weighted by Gasteiger charge is -2.08. The first-order valence-electron chi connectivity index (χ1n) is 10.2. The summed E-state index contributed by atoms with van der Waals surface area (Å²) in [6.45, 7) is 2.12. The van der Waals surface area contributed by atoms with Crippen LogP contribution in [0.4, 0.5) is 5.00 Å². The average molecular weight is 462 g/mol. The summed E-state index contributed by atoms with van der Waals surface area (Å²) < 4.78 is 21.3. The number of carbonyl (C=O) groups is 2. The molecule has 0 spiro atoms. The van der Waals surface area contributed by atoms with Crippen LogP contribution in [0.2, 0.25) is 0 Å². The summed E-state index contributed by atoms with van der Waals surface area (Å²) in [6, 6.07) is 16.3. The quantitative estimate of drug-likeness (QED) is 0.392. The van der Waals surface area contributed by atoms with Crippen LogP contribution in [0.25, 0.3) is 22.5 Å². The van der Waals surface area contributed by atoms with E-state index < -0.39 is 11.9 Å². The van der Waals surface area contributed by atoms with E-state index in [0.29, 0.717) is 39.0 Å². The first-order valence-corrected chi connectivity index (χ1v) is 11.0. The number of hydrogen-bond donors (Lipinski definition) is 1. The third-order valence-electron chi connectivity index (χ3n) is 4.98. The molecule has 2 aromatic carbocycles. The van der Waals surface area contributed by atoms with E-state index in [1.54, 1.807) is 25.1 Å². The normalized spacial score (nSPS) is 11.9. The van der Waals surface area contributed by atoms with E-state index in [4.69, 9.17) is 18.7 Å². The van der Waals surface area contributed by atoms with Gasteiger partial charge in [0.2, 0.25) is 6.79 Å². The lowest BCUT2D eigenvalue weighted by atomic mass is 10.0. The molecule has 1 aliphatic rings. The number of anilines is 1. The Hall–Kier alpha value is -4.11. The second-order valence-corrected chi connectivity index (χ2v) is 7.92. The van der Waals surface area contributed by atoms with Crippen molar-refractivity contribution in [1.82, 2.24) is 5.16 Å². The first-order chi connectivity index (χ1) is 16.1. The maximum absolute atomic E-state index is 12.9. The summed E-state index contributed by atoms with van der Waals surface area (Å²) in [5.41, 5.74) is 2.62. The van der Waals surface area contributed by atoms with Crippen molar-refractivity contribution in [3.63, 3.8) is 0 Å². The Labute approximate surface area is 192 Å². The Morgan fingerprint density at radius 1 is 1.06 bits per heavy atom. The van der Waals surface area contributed by atoms with Gasteiger partial charge in [0.1, 0.15) is 10.6 Å². The van der Waals surface area contributed by atoms with Gasteiger partial charge in [-0.3, -0.25) is 4.79 Å². The van der Waals surface area contributed by atoms with Crippen molar-refractivity contribution < 1.29 is 28.3 Å². The number of nitrogens with one attached hydrogen (secondary N) is 1. The SMILES string of the molecule is CCOC(=O)c1c(-c2ccccc2)csc1NC(=O)c1cc(-c2ccc3c(c2)OCO3)on1. The van der Waals surface area contributed by atoms with Gasteiger partial charge in [-0.05, 0) is 30.7 Å². The topological polar surface area (TPSA) is 99.9 Å². The number of nitrogens with zero attached hydrogens (tertiary/aromatic N) is 1. The Morgan fingerprint density at radius 2 is 1.88 bits per heavy atom. The van der Waals surface area contributed by atoms with Gasteiger partial charge in [0.25, 0.3) is 5.91 Å². The summed E-state index contributed by atoms with van der Waals surface area (Å²) in [5, 5.41) is 8.86. The molecule has 0 aliphatic carbocycles.